The third-order valence-electron chi connectivity index (χ3n) is 14.4. The van der Waals surface area contributed by atoms with Gasteiger partial charge in [0.25, 0.3) is 11.8 Å². The van der Waals surface area contributed by atoms with Crippen molar-refractivity contribution >= 4 is 109 Å². The van der Waals surface area contributed by atoms with Gasteiger partial charge in [0.05, 0.1) is 47.2 Å². The zero-order valence-corrected chi connectivity index (χ0v) is 61.2. The molecule has 32 heteroatoms. The summed E-state index contributed by atoms with van der Waals surface area (Å²) in [7, 11) is -17.9. The van der Waals surface area contributed by atoms with E-state index in [-0.39, 0.29) is 130 Å². The van der Waals surface area contributed by atoms with Gasteiger partial charge in [-0.3, -0.25) is 30.4 Å². The second kappa shape index (κ2) is 38.6. The van der Waals surface area contributed by atoms with Crippen LogP contribution in [0.1, 0.15) is 106 Å². The molecule has 92 heavy (non-hydrogen) atoms. The number of nitrogens with zero attached hydrogens (tertiary/aromatic N) is 4. The molecule has 1 atom stereocenters. The topological polar surface area (TPSA) is 360 Å². The number of hydroxylamine groups is 4. The Morgan fingerprint density at radius 3 is 1.95 bits per heavy atom. The first-order valence-electron chi connectivity index (χ1n) is 28.5. The first kappa shape index (κ1) is 81.3. The number of ether oxygens (including phenoxy) is 1. The van der Waals surface area contributed by atoms with Crippen molar-refractivity contribution in [3.8, 4) is 18.6 Å². The summed E-state index contributed by atoms with van der Waals surface area (Å²) in [4.78, 5) is 63.9. The number of fused-ring (bicyclic) bond motifs is 6. The number of carbonyl (C=O) groups is 5. The molecule has 1 unspecified atom stereocenters. The monoisotopic (exact) mass is 1380 g/mol. The SMILES string of the molecule is CC1(C)C(=CC=CC=CC=CC2=[N+](CCCCS(=O)(=O)[O-])c3ccc4ccc(OCCCCCC(=O)ON5C(=O)CC(S(=O)(=O)[O-])C5=O)cc4c3C2(C)C)N(CCCCS(=O)(=O)[O-])c2ccc3ccccc3c21.O=C1[CH-]CC(=O)N1O.O=S(=O)=O.[2H]C#C.[2H]CF.[Na+].[Na+].[Na+]. The van der Waals surface area contributed by atoms with Gasteiger partial charge in [-0.15, -0.1) is 30.5 Å². The van der Waals surface area contributed by atoms with E-state index in [1.165, 1.54) is 12.0 Å². The van der Waals surface area contributed by atoms with Crippen molar-refractivity contribution in [2.45, 2.75) is 108 Å². The van der Waals surface area contributed by atoms with Crippen molar-refractivity contribution < 1.29 is 191 Å². The van der Waals surface area contributed by atoms with Gasteiger partial charge in [-0.2, -0.15) is 9.64 Å². The van der Waals surface area contributed by atoms with Gasteiger partial charge < -0.3 is 32.9 Å². The first-order valence-corrected chi connectivity index (χ1v) is 32.9. The minimum absolute atomic E-state index is 0. The van der Waals surface area contributed by atoms with Gasteiger partial charge in [0.2, 0.25) is 11.6 Å². The summed E-state index contributed by atoms with van der Waals surface area (Å²) in [5.41, 5.74) is 5.30. The van der Waals surface area contributed by atoms with Crippen molar-refractivity contribution in [2.75, 3.05) is 43.3 Å². The number of halogens is 1. The number of imide groups is 2. The second-order valence-electron chi connectivity index (χ2n) is 21.1. The van der Waals surface area contributed by atoms with Crippen LogP contribution in [-0.4, -0.2) is 150 Å². The van der Waals surface area contributed by atoms with E-state index < -0.39 is 106 Å². The number of amides is 4. The Morgan fingerprint density at radius 2 is 1.37 bits per heavy atom. The Kier molecular flexibility index (Phi) is 34.1. The number of carbonyl (C=O) groups excluding carboxylic acids is 5. The fraction of sp³-hybridized carbons (Fsp3) is 0.383. The molecule has 1 N–H and O–H groups in total. The van der Waals surface area contributed by atoms with Crippen LogP contribution in [0.3, 0.4) is 0 Å². The number of rotatable bonds is 23. The van der Waals surface area contributed by atoms with Crippen LogP contribution in [0.5, 0.6) is 5.75 Å². The Balaban J connectivity index is 0.00000185. The number of terminal acetylenes is 1. The zero-order valence-electron chi connectivity index (χ0n) is 53.9. The zero-order chi connectivity index (χ0) is 68.1. The van der Waals surface area contributed by atoms with Gasteiger partial charge >= 0.3 is 105 Å². The van der Waals surface area contributed by atoms with Gasteiger partial charge in [0.15, 0.2) is 5.71 Å². The molecular weight excluding hydrogens is 1310 g/mol. The molecule has 4 aliphatic rings. The molecule has 24 nitrogen and oxygen atoms in total. The van der Waals surface area contributed by atoms with E-state index in [1.54, 1.807) is 0 Å². The molecule has 4 aromatic carbocycles. The summed E-state index contributed by atoms with van der Waals surface area (Å²) in [6, 6.07) is 22.3. The average molecular weight is 1380 g/mol. The van der Waals surface area contributed by atoms with Crippen molar-refractivity contribution in [2.24, 2.45) is 0 Å². The molecule has 8 rings (SSSR count). The Hall–Kier alpha value is -4.95. The molecule has 2 saturated heterocycles. The summed E-state index contributed by atoms with van der Waals surface area (Å²) < 4.78 is 157. The van der Waals surface area contributed by atoms with Crippen LogP contribution in [0.25, 0.3) is 21.5 Å². The number of benzene rings is 4. The normalized spacial score (nSPS) is 16.9. The predicted molar refractivity (Wildman–Crippen MR) is 323 cm³/mol. The molecule has 4 amide bonds. The maximum absolute atomic E-state index is 12.3. The number of hydrogen-bond acceptors (Lipinski definition) is 21. The molecule has 0 aliphatic carbocycles. The minimum Gasteiger partial charge on any atom is -0.748 e. The van der Waals surface area contributed by atoms with Crippen molar-refractivity contribution in [3.05, 3.63) is 133 Å². The Bertz CT molecular complexity index is 4030. The van der Waals surface area contributed by atoms with Gasteiger partial charge in [-0.25, -0.2) is 30.0 Å². The Labute approximate surface area is 606 Å². The standard InChI is InChI=1S/C53H61N3O14S3.C4H4NO3.C2H2.CH3F.3Na.O3S/c1-52(2)45(54(30-14-17-33-71(60,61)62)42-28-25-37-19-12-13-20-40(37)49(42)52)21-9-6-5-7-10-22-46-53(3,4)50-41-35-39(27-24-38(41)26-29-43(50)55(46)31-15-18-34-72(63,64)65)69-32-16-8-11-23-48(58)70-56-47(57)36-44(51(56)59)73(66,67)68;6-3-1-2-4(7)5(3)8;2*1-2;;;;1-4(2)3/h5-7,9-10,12-13,19-22,24-29,35,44H,8,11,14-18,23,30-34,36H2,1-4H3,(H2-,60,61,62,63,64,65,66,67,68);1,8H,2H2;1-2H;1H3;;;;/q;-1;;;3*+1;/p-2/i;;2*1D;;;;. The molecule has 4 heterocycles. The van der Waals surface area contributed by atoms with Gasteiger partial charge in [0, 0.05) is 65.4 Å². The fourth-order valence-corrected chi connectivity index (χ4v) is 12.3. The van der Waals surface area contributed by atoms with Gasteiger partial charge in [-0.1, -0.05) is 87.0 Å². The van der Waals surface area contributed by atoms with E-state index in [2.05, 4.69) is 73.9 Å². The molecule has 0 spiro atoms. The predicted octanol–water partition coefficient (Wildman–Crippen LogP) is -2.38. The smallest absolute Gasteiger partial charge is 0.748 e. The van der Waals surface area contributed by atoms with Crippen LogP contribution in [0.4, 0.5) is 15.8 Å². The van der Waals surface area contributed by atoms with Crippen LogP contribution in [0.15, 0.2) is 115 Å². The fourth-order valence-electron chi connectivity index (χ4n) is 10.5. The van der Waals surface area contributed by atoms with E-state index in [0.717, 1.165) is 56.3 Å². The quantitative estimate of drug-likeness (QED) is 0.00933. The molecule has 4 aliphatic heterocycles. The van der Waals surface area contributed by atoms with Crippen LogP contribution < -0.4 is 98.3 Å². The average Bonchev–Trinajstić information content (AvgIpc) is 1.57. The van der Waals surface area contributed by atoms with Crippen LogP contribution in [0.2, 0.25) is 0 Å². The maximum Gasteiger partial charge on any atom is 1.00 e. The van der Waals surface area contributed by atoms with Gasteiger partial charge in [0.1, 0.15) is 34.9 Å². The number of allylic oxidation sites excluding steroid dienone is 8. The molecule has 2 fully saturated rings. The van der Waals surface area contributed by atoms with E-state index in [0.29, 0.717) is 57.6 Å². The molecule has 0 aromatic heterocycles. The summed E-state index contributed by atoms with van der Waals surface area (Å²) in [5.74, 6) is -4.82. The summed E-state index contributed by atoms with van der Waals surface area (Å²) in [6.45, 7) is 9.90. The molecule has 0 saturated carbocycles. The first-order chi connectivity index (χ1) is 42.7. The largest absolute Gasteiger partial charge is 1.00 e. The van der Waals surface area contributed by atoms with E-state index in [4.69, 9.17) is 30.1 Å². The number of unbranched alkanes of at least 4 members (excludes halogenated alkanes) is 4. The summed E-state index contributed by atoms with van der Waals surface area (Å²) in [6.07, 6.45) is 22.5. The van der Waals surface area contributed by atoms with E-state index in [1.807, 2.05) is 78.9 Å². The van der Waals surface area contributed by atoms with Crippen molar-refractivity contribution in [1.29, 1.82) is 0 Å². The van der Waals surface area contributed by atoms with Crippen molar-refractivity contribution in [1.82, 2.24) is 10.1 Å². The number of anilines is 1. The maximum atomic E-state index is 12.3. The molecule has 0 radical (unpaired) electrons. The van der Waals surface area contributed by atoms with Crippen LogP contribution >= 0.6 is 0 Å². The van der Waals surface area contributed by atoms with Gasteiger partial charge in [-0.05, 0) is 110 Å². The Morgan fingerprint density at radius 1 is 0.793 bits per heavy atom. The molecular formula is C60H68FN4Na3O20S4. The second-order valence-corrected chi connectivity index (χ2v) is 26.1. The summed E-state index contributed by atoms with van der Waals surface area (Å²) in [5, 5.41) is 10.6. The molecule has 482 valence electrons. The third-order valence-corrected chi connectivity index (χ3v) is 17.0. The number of alkyl halides is 1. The van der Waals surface area contributed by atoms with Crippen LogP contribution in [-0.2, 0) is 80.6 Å². The van der Waals surface area contributed by atoms with Crippen molar-refractivity contribution in [3.63, 3.8) is 0 Å². The molecule has 0 bridgehead atoms. The van der Waals surface area contributed by atoms with E-state index in [9.17, 15) is 67.3 Å². The summed E-state index contributed by atoms with van der Waals surface area (Å²) >= 11 is 0. The minimum atomic E-state index is -5.08. The third kappa shape index (κ3) is 23.8. The van der Waals surface area contributed by atoms with Crippen LogP contribution in [0, 0.1) is 19.2 Å². The number of hydrogen-bond donors (Lipinski definition) is 1. The van der Waals surface area contributed by atoms with E-state index >= 15 is 0 Å². The molecule has 4 aromatic rings.